The summed E-state index contributed by atoms with van der Waals surface area (Å²) in [5.74, 6) is 1.04. The molecule has 20 heavy (non-hydrogen) atoms. The first-order valence-corrected chi connectivity index (χ1v) is 6.74. The number of aromatic nitrogens is 2. The zero-order valence-corrected chi connectivity index (χ0v) is 11.9. The van der Waals surface area contributed by atoms with Crippen molar-refractivity contribution in [3.63, 3.8) is 0 Å². The second kappa shape index (κ2) is 6.75. The van der Waals surface area contributed by atoms with Gasteiger partial charge < -0.3 is 15.8 Å². The van der Waals surface area contributed by atoms with Gasteiger partial charge in [-0.15, -0.1) is 0 Å². The fraction of sp³-hybridized carbons (Fsp3) is 0.333. The Morgan fingerprint density at radius 1 is 1.25 bits per heavy atom. The molecule has 5 nitrogen and oxygen atoms in total. The van der Waals surface area contributed by atoms with Crippen LogP contribution in [0, 0.1) is 6.92 Å². The van der Waals surface area contributed by atoms with Crippen LogP contribution in [0.2, 0.25) is 0 Å². The number of nitrogens with one attached hydrogen (secondary N) is 1. The lowest BCUT2D eigenvalue weighted by Gasteiger charge is -2.12. The van der Waals surface area contributed by atoms with Crippen molar-refractivity contribution in [2.75, 3.05) is 17.7 Å². The van der Waals surface area contributed by atoms with E-state index in [-0.39, 0.29) is 0 Å². The molecule has 0 amide bonds. The van der Waals surface area contributed by atoms with Gasteiger partial charge in [0, 0.05) is 6.54 Å². The quantitative estimate of drug-likeness (QED) is 0.846. The highest BCUT2D eigenvalue weighted by Crippen LogP contribution is 2.25. The fourth-order valence-electron chi connectivity index (χ4n) is 1.82. The molecule has 0 aliphatic rings. The zero-order chi connectivity index (χ0) is 14.4. The van der Waals surface area contributed by atoms with Crippen LogP contribution in [0.15, 0.2) is 30.6 Å². The number of benzene rings is 1. The number of hydrogen-bond acceptors (Lipinski definition) is 5. The Morgan fingerprint density at radius 2 is 2.05 bits per heavy atom. The second-order valence-electron chi connectivity index (χ2n) is 4.57. The Balaban J connectivity index is 2.08. The molecule has 0 saturated heterocycles. The maximum absolute atomic E-state index is 6.01. The number of ether oxygens (including phenoxy) is 1. The summed E-state index contributed by atoms with van der Waals surface area (Å²) in [6.45, 7) is 5.38. The van der Waals surface area contributed by atoms with Gasteiger partial charge in [-0.25, -0.2) is 4.98 Å². The molecule has 0 aliphatic heterocycles. The second-order valence-corrected chi connectivity index (χ2v) is 4.57. The third kappa shape index (κ3) is 3.38. The number of rotatable bonds is 6. The van der Waals surface area contributed by atoms with E-state index in [0.717, 1.165) is 6.42 Å². The van der Waals surface area contributed by atoms with E-state index in [0.29, 0.717) is 30.5 Å². The molecule has 0 atom stereocenters. The first-order valence-electron chi connectivity index (χ1n) is 6.74. The summed E-state index contributed by atoms with van der Waals surface area (Å²) in [7, 11) is 0. The Labute approximate surface area is 119 Å². The van der Waals surface area contributed by atoms with Crippen LogP contribution in [0.4, 0.5) is 11.5 Å². The van der Waals surface area contributed by atoms with Gasteiger partial charge >= 0.3 is 0 Å². The average molecular weight is 272 g/mol. The molecule has 0 spiro atoms. The van der Waals surface area contributed by atoms with Crippen molar-refractivity contribution in [2.45, 2.75) is 26.8 Å². The number of aryl methyl sites for hydroxylation is 1. The predicted molar refractivity (Wildman–Crippen MR) is 80.7 cm³/mol. The monoisotopic (exact) mass is 272 g/mol. The summed E-state index contributed by atoms with van der Waals surface area (Å²) in [4.78, 5) is 8.22. The van der Waals surface area contributed by atoms with E-state index < -0.39 is 0 Å². The van der Waals surface area contributed by atoms with E-state index in [2.05, 4.69) is 34.3 Å². The summed E-state index contributed by atoms with van der Waals surface area (Å²) in [5.41, 5.74) is 8.91. The largest absolute Gasteiger partial charge is 0.476 e. The first kappa shape index (κ1) is 14.1. The van der Waals surface area contributed by atoms with Crippen LogP contribution in [0.3, 0.4) is 0 Å². The Hall–Kier alpha value is -2.30. The van der Waals surface area contributed by atoms with Crippen LogP contribution in [0.5, 0.6) is 5.88 Å². The highest BCUT2D eigenvalue weighted by atomic mass is 16.5. The molecule has 0 saturated carbocycles. The minimum absolute atomic E-state index is 0.439. The maximum Gasteiger partial charge on any atom is 0.242 e. The Bertz CT molecular complexity index is 572. The zero-order valence-electron chi connectivity index (χ0n) is 11.9. The number of nitrogens with zero attached hydrogens (tertiary/aromatic N) is 2. The van der Waals surface area contributed by atoms with E-state index in [4.69, 9.17) is 10.5 Å². The molecule has 0 bridgehead atoms. The van der Waals surface area contributed by atoms with Gasteiger partial charge in [0.1, 0.15) is 12.0 Å². The van der Waals surface area contributed by atoms with Crippen molar-refractivity contribution in [1.82, 2.24) is 9.97 Å². The molecule has 0 radical (unpaired) electrons. The topological polar surface area (TPSA) is 73.1 Å². The molecule has 1 aromatic heterocycles. The van der Waals surface area contributed by atoms with Crippen molar-refractivity contribution < 1.29 is 4.74 Å². The van der Waals surface area contributed by atoms with Gasteiger partial charge in [0.05, 0.1) is 6.61 Å². The molecule has 0 fully saturated rings. The van der Waals surface area contributed by atoms with E-state index >= 15 is 0 Å². The van der Waals surface area contributed by atoms with Crippen LogP contribution in [0.25, 0.3) is 0 Å². The number of nitrogens with two attached hydrogens (primary N) is 1. The molecule has 5 heteroatoms. The van der Waals surface area contributed by atoms with Gasteiger partial charge in [0.2, 0.25) is 5.88 Å². The standard InChI is InChI=1S/C15H20N4O/c1-3-8-20-15-13(16)14(18-10-19-15)17-9-12-7-5-4-6-11(12)2/h4-7,10H,3,8-9,16H2,1-2H3,(H,17,18,19). The Kier molecular flexibility index (Phi) is 4.76. The van der Waals surface area contributed by atoms with Crippen LogP contribution < -0.4 is 15.8 Å². The number of nitrogen functional groups attached to an aromatic ring is 1. The van der Waals surface area contributed by atoms with Crippen LogP contribution in [0.1, 0.15) is 24.5 Å². The SMILES string of the molecule is CCCOc1ncnc(NCc2ccccc2C)c1N. The molecule has 3 N–H and O–H groups in total. The molecule has 1 heterocycles. The van der Waals surface area contributed by atoms with Crippen LogP contribution in [-0.2, 0) is 6.54 Å². The van der Waals surface area contributed by atoms with Crippen molar-refractivity contribution in [2.24, 2.45) is 0 Å². The van der Waals surface area contributed by atoms with Gasteiger partial charge in [-0.1, -0.05) is 31.2 Å². The molecule has 106 valence electrons. The molecule has 0 unspecified atom stereocenters. The van der Waals surface area contributed by atoms with Gasteiger partial charge in [-0.3, -0.25) is 0 Å². The maximum atomic E-state index is 6.01. The molecule has 2 aromatic rings. The number of anilines is 2. The minimum Gasteiger partial charge on any atom is -0.476 e. The van der Waals surface area contributed by atoms with Crippen molar-refractivity contribution in [3.05, 3.63) is 41.7 Å². The highest BCUT2D eigenvalue weighted by molar-refractivity contribution is 5.66. The van der Waals surface area contributed by atoms with Crippen molar-refractivity contribution in [1.29, 1.82) is 0 Å². The molecule has 0 aliphatic carbocycles. The summed E-state index contributed by atoms with van der Waals surface area (Å²) in [6, 6.07) is 8.20. The van der Waals surface area contributed by atoms with Crippen molar-refractivity contribution >= 4 is 11.5 Å². The predicted octanol–water partition coefficient (Wildman–Crippen LogP) is 2.77. The van der Waals surface area contributed by atoms with Crippen molar-refractivity contribution in [3.8, 4) is 5.88 Å². The summed E-state index contributed by atoms with van der Waals surface area (Å²) < 4.78 is 5.49. The third-order valence-electron chi connectivity index (χ3n) is 3.00. The van der Waals surface area contributed by atoms with E-state index in [1.165, 1.54) is 17.5 Å². The fourth-order valence-corrected chi connectivity index (χ4v) is 1.82. The lowest BCUT2D eigenvalue weighted by Crippen LogP contribution is -2.08. The van der Waals surface area contributed by atoms with Gasteiger partial charge in [0.25, 0.3) is 0 Å². The normalized spacial score (nSPS) is 10.3. The molecule has 2 rings (SSSR count). The number of hydrogen-bond donors (Lipinski definition) is 2. The smallest absolute Gasteiger partial charge is 0.242 e. The van der Waals surface area contributed by atoms with E-state index in [1.54, 1.807) is 0 Å². The van der Waals surface area contributed by atoms with E-state index in [9.17, 15) is 0 Å². The highest BCUT2D eigenvalue weighted by Gasteiger charge is 2.09. The molecular formula is C15H20N4O. The lowest BCUT2D eigenvalue weighted by molar-refractivity contribution is 0.306. The summed E-state index contributed by atoms with van der Waals surface area (Å²) in [5, 5.41) is 3.23. The van der Waals surface area contributed by atoms with Crippen LogP contribution in [-0.4, -0.2) is 16.6 Å². The minimum atomic E-state index is 0.439. The lowest BCUT2D eigenvalue weighted by atomic mass is 10.1. The summed E-state index contributed by atoms with van der Waals surface area (Å²) in [6.07, 6.45) is 2.37. The van der Waals surface area contributed by atoms with Gasteiger partial charge in [-0.05, 0) is 24.5 Å². The molecular weight excluding hydrogens is 252 g/mol. The van der Waals surface area contributed by atoms with Crippen LogP contribution >= 0.6 is 0 Å². The first-order chi connectivity index (χ1) is 9.72. The molecule has 1 aromatic carbocycles. The van der Waals surface area contributed by atoms with Gasteiger partial charge in [0.15, 0.2) is 5.82 Å². The van der Waals surface area contributed by atoms with Gasteiger partial charge in [-0.2, -0.15) is 4.98 Å². The average Bonchev–Trinajstić information content (AvgIpc) is 2.46. The van der Waals surface area contributed by atoms with E-state index in [1.807, 2.05) is 19.1 Å². The Morgan fingerprint density at radius 3 is 2.80 bits per heavy atom. The third-order valence-corrected chi connectivity index (χ3v) is 3.00. The summed E-state index contributed by atoms with van der Waals surface area (Å²) >= 11 is 0.